The van der Waals surface area contributed by atoms with E-state index in [-0.39, 0.29) is 0 Å². The number of benzene rings is 1. The molecule has 1 aromatic rings. The van der Waals surface area contributed by atoms with Gasteiger partial charge in [-0.1, -0.05) is 30.3 Å². The number of hydrogen-bond donors (Lipinski definition) is 2. The average molecular weight is 276 g/mol. The van der Waals surface area contributed by atoms with E-state index in [1.807, 2.05) is 13.1 Å². The van der Waals surface area contributed by atoms with Crippen LogP contribution in [0.3, 0.4) is 0 Å². The van der Waals surface area contributed by atoms with Gasteiger partial charge in [0.1, 0.15) is 5.67 Å². The topological polar surface area (TPSA) is 24.1 Å². The van der Waals surface area contributed by atoms with E-state index < -0.39 is 5.67 Å². The van der Waals surface area contributed by atoms with Crippen molar-refractivity contribution in [2.45, 2.75) is 55.8 Å². The van der Waals surface area contributed by atoms with Crippen LogP contribution in [0, 0.1) is 0 Å². The van der Waals surface area contributed by atoms with Crippen LogP contribution in [0.4, 0.5) is 4.39 Å². The summed E-state index contributed by atoms with van der Waals surface area (Å²) < 4.78 is 14.7. The zero-order chi connectivity index (χ0) is 14.0. The summed E-state index contributed by atoms with van der Waals surface area (Å²) in [6.45, 7) is 0.525. The van der Waals surface area contributed by atoms with Crippen molar-refractivity contribution in [1.82, 2.24) is 10.6 Å². The summed E-state index contributed by atoms with van der Waals surface area (Å²) in [4.78, 5) is 0. The van der Waals surface area contributed by atoms with E-state index in [1.54, 1.807) is 0 Å². The highest BCUT2D eigenvalue weighted by Gasteiger charge is 2.41. The van der Waals surface area contributed by atoms with Crippen molar-refractivity contribution >= 4 is 0 Å². The van der Waals surface area contributed by atoms with Gasteiger partial charge >= 0.3 is 0 Å². The van der Waals surface area contributed by atoms with Gasteiger partial charge in [0.15, 0.2) is 0 Å². The lowest BCUT2D eigenvalue weighted by atomic mass is 9.83. The van der Waals surface area contributed by atoms with Crippen LogP contribution in [0.2, 0.25) is 0 Å². The molecule has 3 heteroatoms. The molecule has 0 amide bonds. The quantitative estimate of drug-likeness (QED) is 0.864. The smallest absolute Gasteiger partial charge is 0.123 e. The molecule has 2 aliphatic rings. The van der Waals surface area contributed by atoms with Crippen molar-refractivity contribution in [2.24, 2.45) is 0 Å². The maximum Gasteiger partial charge on any atom is 0.123 e. The van der Waals surface area contributed by atoms with E-state index in [4.69, 9.17) is 0 Å². The molecule has 110 valence electrons. The Morgan fingerprint density at radius 1 is 1.20 bits per heavy atom. The van der Waals surface area contributed by atoms with E-state index >= 15 is 0 Å². The Morgan fingerprint density at radius 2 is 1.90 bits per heavy atom. The molecule has 3 rings (SSSR count). The van der Waals surface area contributed by atoms with Gasteiger partial charge in [-0.3, -0.25) is 0 Å². The zero-order valence-corrected chi connectivity index (χ0v) is 12.2. The number of halogens is 1. The van der Waals surface area contributed by atoms with E-state index in [0.29, 0.717) is 37.4 Å². The first-order chi connectivity index (χ1) is 9.70. The second kappa shape index (κ2) is 5.82. The van der Waals surface area contributed by atoms with Gasteiger partial charge in [0.05, 0.1) is 0 Å². The number of rotatable bonds is 5. The summed E-state index contributed by atoms with van der Waals surface area (Å²) in [5.74, 6) is 0.591. The molecule has 2 atom stereocenters. The Kier molecular flexibility index (Phi) is 4.08. The third-order valence-corrected chi connectivity index (χ3v) is 4.99. The molecule has 2 fully saturated rings. The first-order valence-corrected chi connectivity index (χ1v) is 7.85. The Balaban J connectivity index is 1.45. The fraction of sp³-hybridized carbons (Fsp3) is 0.647. The van der Waals surface area contributed by atoms with Crippen LogP contribution in [0.15, 0.2) is 30.3 Å². The van der Waals surface area contributed by atoms with Crippen molar-refractivity contribution in [3.63, 3.8) is 0 Å². The van der Waals surface area contributed by atoms with Crippen LogP contribution in [-0.4, -0.2) is 31.3 Å². The van der Waals surface area contributed by atoms with Crippen molar-refractivity contribution in [2.75, 3.05) is 13.6 Å². The largest absolute Gasteiger partial charge is 0.317 e. The molecule has 20 heavy (non-hydrogen) atoms. The number of nitrogens with one attached hydrogen (secondary N) is 2. The molecular weight excluding hydrogens is 251 g/mol. The first kappa shape index (κ1) is 14.0. The maximum absolute atomic E-state index is 14.7. The molecule has 0 unspecified atom stereocenters. The minimum absolute atomic E-state index is 0.479. The summed E-state index contributed by atoms with van der Waals surface area (Å²) >= 11 is 0. The Labute approximate surface area is 121 Å². The second-order valence-corrected chi connectivity index (χ2v) is 6.45. The molecule has 2 N–H and O–H groups in total. The van der Waals surface area contributed by atoms with Gasteiger partial charge in [-0.05, 0) is 44.7 Å². The van der Waals surface area contributed by atoms with Crippen LogP contribution in [0.25, 0.3) is 0 Å². The lowest BCUT2D eigenvalue weighted by Crippen LogP contribution is -2.44. The summed E-state index contributed by atoms with van der Waals surface area (Å²) in [5, 5.41) is 6.71. The highest BCUT2D eigenvalue weighted by Crippen LogP contribution is 2.41. The molecule has 0 saturated heterocycles. The lowest BCUT2D eigenvalue weighted by molar-refractivity contribution is 0.0922. The van der Waals surface area contributed by atoms with Crippen LogP contribution >= 0.6 is 0 Å². The molecule has 2 nitrogen and oxygen atoms in total. The molecule has 0 aliphatic heterocycles. The van der Waals surface area contributed by atoms with E-state index in [2.05, 4.69) is 34.9 Å². The molecule has 2 aliphatic carbocycles. The van der Waals surface area contributed by atoms with Crippen LogP contribution < -0.4 is 10.6 Å². The third kappa shape index (κ3) is 3.21. The third-order valence-electron chi connectivity index (χ3n) is 4.99. The molecule has 0 heterocycles. The monoisotopic (exact) mass is 276 g/mol. The highest BCUT2D eigenvalue weighted by molar-refractivity contribution is 5.27. The van der Waals surface area contributed by atoms with Gasteiger partial charge in [0.25, 0.3) is 0 Å². The Bertz CT molecular complexity index is 426. The Morgan fingerprint density at radius 3 is 2.55 bits per heavy atom. The van der Waals surface area contributed by atoms with Crippen LogP contribution in [0.5, 0.6) is 0 Å². The van der Waals surface area contributed by atoms with Gasteiger partial charge in [0.2, 0.25) is 0 Å². The predicted molar refractivity (Wildman–Crippen MR) is 80.7 cm³/mol. The predicted octanol–water partition coefficient (Wildman–Crippen LogP) is 3.00. The van der Waals surface area contributed by atoms with Gasteiger partial charge < -0.3 is 10.6 Å². The molecule has 0 aromatic heterocycles. The summed E-state index contributed by atoms with van der Waals surface area (Å²) in [6.07, 6.45) is 4.45. The molecular formula is C17H25FN2. The van der Waals surface area contributed by atoms with Crippen LogP contribution in [-0.2, 0) is 0 Å². The lowest BCUT2D eigenvalue weighted by Gasteiger charge is -2.34. The van der Waals surface area contributed by atoms with Gasteiger partial charge in [-0.15, -0.1) is 0 Å². The van der Waals surface area contributed by atoms with Crippen molar-refractivity contribution in [1.29, 1.82) is 0 Å². The van der Waals surface area contributed by atoms with Crippen molar-refractivity contribution in [3.8, 4) is 0 Å². The van der Waals surface area contributed by atoms with Crippen LogP contribution in [0.1, 0.15) is 43.6 Å². The molecule has 0 spiro atoms. The normalized spacial score (nSPS) is 36.8. The molecule has 0 radical (unpaired) electrons. The highest BCUT2D eigenvalue weighted by atomic mass is 19.1. The van der Waals surface area contributed by atoms with Crippen molar-refractivity contribution < 1.29 is 4.39 Å². The standard InChI is InChI=1S/C17H25FN2/c1-19-14-7-9-17(18,10-8-14)12-20-16-11-15(16)13-5-3-2-4-6-13/h2-6,14-16,19-20H,7-12H2,1H3/t14?,15-,16+,17?/m0/s1. The fourth-order valence-electron chi connectivity index (χ4n) is 3.40. The average Bonchev–Trinajstić information content (AvgIpc) is 3.27. The number of alkyl halides is 1. The molecule has 0 bridgehead atoms. The Hall–Kier alpha value is -0.930. The minimum atomic E-state index is -0.989. The molecule has 2 saturated carbocycles. The first-order valence-electron chi connectivity index (χ1n) is 7.85. The van der Waals surface area contributed by atoms with Gasteiger partial charge in [-0.2, -0.15) is 0 Å². The van der Waals surface area contributed by atoms with Gasteiger partial charge in [0, 0.05) is 24.5 Å². The summed E-state index contributed by atoms with van der Waals surface area (Å²) in [5.41, 5.74) is 0.397. The number of hydrogen-bond acceptors (Lipinski definition) is 2. The summed E-state index contributed by atoms with van der Waals surface area (Å²) in [7, 11) is 1.98. The second-order valence-electron chi connectivity index (χ2n) is 6.45. The van der Waals surface area contributed by atoms with Crippen molar-refractivity contribution in [3.05, 3.63) is 35.9 Å². The maximum atomic E-state index is 14.7. The summed E-state index contributed by atoms with van der Waals surface area (Å²) in [6, 6.07) is 11.6. The van der Waals surface area contributed by atoms with E-state index in [1.165, 1.54) is 5.56 Å². The SMILES string of the molecule is CNC1CCC(F)(CN[C@@H]2C[C@H]2c2ccccc2)CC1. The molecule has 1 aromatic carbocycles. The van der Waals surface area contributed by atoms with Gasteiger partial charge in [-0.25, -0.2) is 4.39 Å². The van der Waals surface area contributed by atoms with E-state index in [9.17, 15) is 4.39 Å². The minimum Gasteiger partial charge on any atom is -0.317 e. The fourth-order valence-corrected chi connectivity index (χ4v) is 3.40. The van der Waals surface area contributed by atoms with E-state index in [0.717, 1.165) is 19.3 Å². The zero-order valence-electron chi connectivity index (χ0n) is 12.2.